The van der Waals surface area contributed by atoms with E-state index in [1.54, 1.807) is 38.1 Å². The van der Waals surface area contributed by atoms with Gasteiger partial charge in [-0.3, -0.25) is 4.79 Å². The number of aryl methyl sites for hydroxylation is 2. The van der Waals surface area contributed by atoms with Gasteiger partial charge in [0.05, 0.1) is 30.0 Å². The highest BCUT2D eigenvalue weighted by Crippen LogP contribution is 2.30. The topological polar surface area (TPSA) is 106 Å². The van der Waals surface area contributed by atoms with Gasteiger partial charge in [0.1, 0.15) is 11.3 Å². The number of anilines is 1. The van der Waals surface area contributed by atoms with Gasteiger partial charge < -0.3 is 19.6 Å². The summed E-state index contributed by atoms with van der Waals surface area (Å²) in [4.78, 5) is 36.2. The molecule has 0 fully saturated rings. The minimum atomic E-state index is -0.619. The van der Waals surface area contributed by atoms with Crippen molar-refractivity contribution >= 4 is 28.5 Å². The molecule has 0 bridgehead atoms. The van der Waals surface area contributed by atoms with E-state index in [9.17, 15) is 19.5 Å². The van der Waals surface area contributed by atoms with Crippen LogP contribution < -0.4 is 10.9 Å². The predicted octanol–water partition coefficient (Wildman–Crippen LogP) is 3.08. The van der Waals surface area contributed by atoms with Crippen molar-refractivity contribution in [1.29, 1.82) is 0 Å². The van der Waals surface area contributed by atoms with Gasteiger partial charge in [-0.1, -0.05) is 0 Å². The molecule has 7 nitrogen and oxygen atoms in total. The van der Waals surface area contributed by atoms with Crippen LogP contribution in [-0.4, -0.2) is 24.1 Å². The number of hydrogen-bond donors (Lipinski definition) is 2. The van der Waals surface area contributed by atoms with Gasteiger partial charge in [-0.05, 0) is 61.4 Å². The van der Waals surface area contributed by atoms with Gasteiger partial charge in [0.15, 0.2) is 0 Å². The van der Waals surface area contributed by atoms with E-state index in [-0.39, 0.29) is 23.3 Å². The zero-order valence-electron chi connectivity index (χ0n) is 15.7. The molecule has 2 N–H and O–H groups in total. The standard InChI is InChI=1S/C21H19NO6/c1-11-8-16(23)19-12(2)15(21(26)28-17(19)9-11)10-18(24)22-14-6-4-13(5-7-14)20(25)27-3/h4-9,23H,10H2,1-3H3,(H,22,24). The summed E-state index contributed by atoms with van der Waals surface area (Å²) in [7, 11) is 1.29. The van der Waals surface area contributed by atoms with Gasteiger partial charge in [-0.2, -0.15) is 0 Å². The molecule has 28 heavy (non-hydrogen) atoms. The summed E-state index contributed by atoms with van der Waals surface area (Å²) in [5.74, 6) is -0.902. The third-order valence-corrected chi connectivity index (χ3v) is 4.43. The highest BCUT2D eigenvalue weighted by atomic mass is 16.5. The molecular weight excluding hydrogens is 362 g/mol. The quantitative estimate of drug-likeness (QED) is 0.531. The first-order valence-electron chi connectivity index (χ1n) is 8.54. The number of amides is 1. The minimum Gasteiger partial charge on any atom is -0.507 e. The molecule has 1 heterocycles. The van der Waals surface area contributed by atoms with Crippen LogP contribution in [0.2, 0.25) is 0 Å². The highest BCUT2D eigenvalue weighted by Gasteiger charge is 2.17. The summed E-state index contributed by atoms with van der Waals surface area (Å²) in [6.07, 6.45) is -0.212. The number of fused-ring (bicyclic) bond motifs is 1. The molecule has 144 valence electrons. The Morgan fingerprint density at radius 3 is 2.46 bits per heavy atom. The number of phenols is 1. The van der Waals surface area contributed by atoms with Crippen molar-refractivity contribution in [3.8, 4) is 5.75 Å². The maximum absolute atomic E-state index is 12.4. The molecule has 0 radical (unpaired) electrons. The van der Waals surface area contributed by atoms with Crippen molar-refractivity contribution in [3.63, 3.8) is 0 Å². The molecule has 0 aliphatic heterocycles. The fourth-order valence-corrected chi connectivity index (χ4v) is 3.04. The molecule has 0 saturated carbocycles. The molecule has 1 amide bonds. The third kappa shape index (κ3) is 3.73. The lowest BCUT2D eigenvalue weighted by Crippen LogP contribution is -2.20. The maximum atomic E-state index is 12.4. The smallest absolute Gasteiger partial charge is 0.340 e. The number of carbonyl (C=O) groups is 2. The van der Waals surface area contributed by atoms with Crippen LogP contribution in [0, 0.1) is 13.8 Å². The van der Waals surface area contributed by atoms with Crippen LogP contribution in [0.4, 0.5) is 5.69 Å². The van der Waals surface area contributed by atoms with Crippen molar-refractivity contribution < 1.29 is 23.8 Å². The Morgan fingerprint density at radius 2 is 1.82 bits per heavy atom. The fourth-order valence-electron chi connectivity index (χ4n) is 3.04. The monoisotopic (exact) mass is 381 g/mol. The fraction of sp³-hybridized carbons (Fsp3) is 0.190. The number of methoxy groups -OCH3 is 1. The molecule has 1 aromatic heterocycles. The van der Waals surface area contributed by atoms with E-state index in [0.717, 1.165) is 5.56 Å². The van der Waals surface area contributed by atoms with E-state index in [1.807, 2.05) is 0 Å². The van der Waals surface area contributed by atoms with Crippen molar-refractivity contribution in [2.24, 2.45) is 0 Å². The summed E-state index contributed by atoms with van der Waals surface area (Å²) in [6.45, 7) is 3.45. The largest absolute Gasteiger partial charge is 0.507 e. The van der Waals surface area contributed by atoms with Crippen LogP contribution in [0.5, 0.6) is 5.75 Å². The number of hydrogen-bond acceptors (Lipinski definition) is 6. The number of esters is 1. The average molecular weight is 381 g/mol. The van der Waals surface area contributed by atoms with Crippen LogP contribution in [0.1, 0.15) is 27.0 Å². The van der Waals surface area contributed by atoms with Crippen molar-refractivity contribution in [3.05, 3.63) is 69.1 Å². The van der Waals surface area contributed by atoms with Crippen LogP contribution >= 0.6 is 0 Å². The first kappa shape index (κ1) is 19.2. The summed E-state index contributed by atoms with van der Waals surface area (Å²) >= 11 is 0. The molecule has 3 rings (SSSR count). The normalized spacial score (nSPS) is 10.7. The first-order valence-corrected chi connectivity index (χ1v) is 8.54. The van der Waals surface area contributed by atoms with Crippen LogP contribution in [0.3, 0.4) is 0 Å². The highest BCUT2D eigenvalue weighted by molar-refractivity contribution is 5.95. The van der Waals surface area contributed by atoms with Gasteiger partial charge in [0.2, 0.25) is 5.91 Å². The lowest BCUT2D eigenvalue weighted by molar-refractivity contribution is -0.115. The van der Waals surface area contributed by atoms with Crippen LogP contribution in [0.25, 0.3) is 11.0 Å². The molecule has 3 aromatic rings. The molecule has 0 saturated heterocycles. The maximum Gasteiger partial charge on any atom is 0.340 e. The van der Waals surface area contributed by atoms with Gasteiger partial charge in [-0.25, -0.2) is 9.59 Å². The van der Waals surface area contributed by atoms with E-state index in [1.165, 1.54) is 19.2 Å². The van der Waals surface area contributed by atoms with Crippen molar-refractivity contribution in [1.82, 2.24) is 0 Å². The zero-order valence-corrected chi connectivity index (χ0v) is 15.7. The van der Waals surface area contributed by atoms with Gasteiger partial charge in [-0.15, -0.1) is 0 Å². The number of rotatable bonds is 4. The molecule has 7 heteroatoms. The Bertz CT molecular complexity index is 1130. The Balaban J connectivity index is 1.85. The third-order valence-electron chi connectivity index (χ3n) is 4.43. The Hall–Kier alpha value is -3.61. The number of nitrogens with one attached hydrogen (secondary N) is 1. The van der Waals surface area contributed by atoms with Crippen LogP contribution in [0.15, 0.2) is 45.6 Å². The number of ether oxygens (including phenoxy) is 1. The summed E-state index contributed by atoms with van der Waals surface area (Å²) in [6, 6.07) is 9.41. The lowest BCUT2D eigenvalue weighted by atomic mass is 10.0. The summed E-state index contributed by atoms with van der Waals surface area (Å²) < 4.78 is 9.92. The second-order valence-electron chi connectivity index (χ2n) is 6.44. The Morgan fingerprint density at radius 1 is 1.14 bits per heavy atom. The molecule has 0 atom stereocenters. The number of benzene rings is 2. The predicted molar refractivity (Wildman–Crippen MR) is 104 cm³/mol. The van der Waals surface area contributed by atoms with E-state index in [4.69, 9.17) is 4.42 Å². The van der Waals surface area contributed by atoms with Crippen molar-refractivity contribution in [2.75, 3.05) is 12.4 Å². The van der Waals surface area contributed by atoms with Gasteiger partial charge >= 0.3 is 11.6 Å². The summed E-state index contributed by atoms with van der Waals surface area (Å²) in [5, 5.41) is 13.3. The lowest BCUT2D eigenvalue weighted by Gasteiger charge is -2.10. The van der Waals surface area contributed by atoms with Gasteiger partial charge in [0.25, 0.3) is 0 Å². The second kappa shape index (κ2) is 7.56. The molecule has 0 aliphatic carbocycles. The van der Waals surface area contributed by atoms with E-state index in [0.29, 0.717) is 22.2 Å². The number of phenolic OH excluding ortho intramolecular Hbond substituents is 1. The molecule has 0 spiro atoms. The van der Waals surface area contributed by atoms with Crippen molar-refractivity contribution in [2.45, 2.75) is 20.3 Å². The Kier molecular flexibility index (Phi) is 5.17. The number of aromatic hydroxyl groups is 1. The zero-order chi connectivity index (χ0) is 20.4. The Labute approximate surface area is 160 Å². The minimum absolute atomic E-state index is 0.00342. The van der Waals surface area contributed by atoms with E-state index >= 15 is 0 Å². The number of carbonyl (C=O) groups excluding carboxylic acids is 2. The van der Waals surface area contributed by atoms with Gasteiger partial charge in [0, 0.05) is 5.69 Å². The second-order valence-corrected chi connectivity index (χ2v) is 6.44. The van der Waals surface area contributed by atoms with E-state index < -0.39 is 17.5 Å². The molecule has 0 unspecified atom stereocenters. The molecule has 2 aromatic carbocycles. The first-order chi connectivity index (χ1) is 13.3. The molecular formula is C21H19NO6. The SMILES string of the molecule is COC(=O)c1ccc(NC(=O)Cc2c(C)c3c(O)cc(C)cc3oc2=O)cc1. The average Bonchev–Trinajstić information content (AvgIpc) is 2.64. The van der Waals surface area contributed by atoms with Crippen LogP contribution in [-0.2, 0) is 16.0 Å². The van der Waals surface area contributed by atoms with E-state index in [2.05, 4.69) is 10.1 Å². The summed E-state index contributed by atoms with van der Waals surface area (Å²) in [5.41, 5.74) is 1.92. The molecule has 0 aliphatic rings.